The van der Waals surface area contributed by atoms with Crippen LogP contribution in [0.3, 0.4) is 0 Å². The zero-order valence-electron chi connectivity index (χ0n) is 10.2. The van der Waals surface area contributed by atoms with Crippen LogP contribution in [-0.4, -0.2) is 21.5 Å². The third-order valence-corrected chi connectivity index (χ3v) is 4.60. The van der Waals surface area contributed by atoms with Crippen LogP contribution < -0.4 is 5.32 Å². The zero-order chi connectivity index (χ0) is 13.2. The molecule has 7 heteroatoms. The average Bonchev–Trinajstić information content (AvgIpc) is 2.98. The predicted molar refractivity (Wildman–Crippen MR) is 81.5 cm³/mol. The van der Waals surface area contributed by atoms with Gasteiger partial charge >= 0.3 is 0 Å². The van der Waals surface area contributed by atoms with Crippen LogP contribution in [0.15, 0.2) is 16.8 Å². The molecule has 0 fully saturated rings. The van der Waals surface area contributed by atoms with Gasteiger partial charge in [0.1, 0.15) is 10.6 Å². The summed E-state index contributed by atoms with van der Waals surface area (Å²) in [4.78, 5) is 13.8. The van der Waals surface area contributed by atoms with E-state index in [1.54, 1.807) is 22.7 Å². The maximum absolute atomic E-state index is 5.91. The van der Waals surface area contributed by atoms with Crippen molar-refractivity contribution in [3.63, 3.8) is 0 Å². The molecule has 3 heterocycles. The van der Waals surface area contributed by atoms with Gasteiger partial charge in [0.25, 0.3) is 0 Å². The number of thiazole rings is 1. The molecule has 0 atom stereocenters. The van der Waals surface area contributed by atoms with E-state index in [1.807, 2.05) is 18.4 Å². The first kappa shape index (κ1) is 12.8. The molecule has 19 heavy (non-hydrogen) atoms. The van der Waals surface area contributed by atoms with Crippen LogP contribution in [-0.2, 0) is 6.42 Å². The Hall–Kier alpha value is -1.24. The third kappa shape index (κ3) is 2.86. The Morgan fingerprint density at radius 2 is 2.16 bits per heavy atom. The van der Waals surface area contributed by atoms with Gasteiger partial charge in [0, 0.05) is 24.0 Å². The molecule has 0 amide bonds. The SMILES string of the molecule is Cc1csc(CCNc2nc(Cl)nc3sccc23)n1. The van der Waals surface area contributed by atoms with Gasteiger partial charge in [-0.3, -0.25) is 0 Å². The van der Waals surface area contributed by atoms with Crippen LogP contribution in [0.5, 0.6) is 0 Å². The van der Waals surface area contributed by atoms with Gasteiger partial charge in [0.15, 0.2) is 0 Å². The normalized spacial score (nSPS) is 11.1. The standard InChI is InChI=1S/C12H11ClN4S2/c1-7-6-19-9(15-7)2-4-14-10-8-3-5-18-11(8)17-12(13)16-10/h3,5-6H,2,4H2,1H3,(H,14,16,17). The molecule has 0 spiro atoms. The van der Waals surface area contributed by atoms with E-state index in [2.05, 4.69) is 25.6 Å². The van der Waals surface area contributed by atoms with Crippen molar-refractivity contribution in [2.24, 2.45) is 0 Å². The smallest absolute Gasteiger partial charge is 0.225 e. The van der Waals surface area contributed by atoms with Crippen molar-refractivity contribution in [2.45, 2.75) is 13.3 Å². The molecule has 0 radical (unpaired) electrons. The van der Waals surface area contributed by atoms with Crippen molar-refractivity contribution in [2.75, 3.05) is 11.9 Å². The summed E-state index contributed by atoms with van der Waals surface area (Å²) in [5, 5.41) is 9.79. The molecule has 3 rings (SSSR count). The summed E-state index contributed by atoms with van der Waals surface area (Å²) in [5.74, 6) is 0.796. The van der Waals surface area contributed by atoms with Crippen molar-refractivity contribution < 1.29 is 0 Å². The number of hydrogen-bond acceptors (Lipinski definition) is 6. The lowest BCUT2D eigenvalue weighted by Crippen LogP contribution is -2.07. The second-order valence-corrected chi connectivity index (χ2v) is 6.22. The highest BCUT2D eigenvalue weighted by Gasteiger charge is 2.07. The molecule has 3 aromatic rings. The molecule has 0 aromatic carbocycles. The Bertz CT molecular complexity index is 707. The molecule has 4 nitrogen and oxygen atoms in total. The minimum atomic E-state index is 0.280. The van der Waals surface area contributed by atoms with E-state index in [0.717, 1.165) is 39.7 Å². The molecule has 0 aliphatic heterocycles. The average molecular weight is 311 g/mol. The fourth-order valence-electron chi connectivity index (χ4n) is 1.77. The van der Waals surface area contributed by atoms with E-state index >= 15 is 0 Å². The Kier molecular flexibility index (Phi) is 3.63. The Balaban J connectivity index is 1.73. The summed E-state index contributed by atoms with van der Waals surface area (Å²) < 4.78 is 0. The van der Waals surface area contributed by atoms with Crippen LogP contribution in [0.25, 0.3) is 10.2 Å². The second kappa shape index (κ2) is 5.40. The third-order valence-electron chi connectivity index (χ3n) is 2.60. The van der Waals surface area contributed by atoms with Crippen molar-refractivity contribution in [1.82, 2.24) is 15.0 Å². The lowest BCUT2D eigenvalue weighted by molar-refractivity contribution is 0.978. The van der Waals surface area contributed by atoms with Gasteiger partial charge in [-0.05, 0) is 30.0 Å². The van der Waals surface area contributed by atoms with Crippen LogP contribution in [0, 0.1) is 6.92 Å². The molecule has 0 aliphatic carbocycles. The van der Waals surface area contributed by atoms with Crippen LogP contribution in [0.1, 0.15) is 10.7 Å². The van der Waals surface area contributed by atoms with Crippen molar-refractivity contribution in [3.05, 3.63) is 32.8 Å². The van der Waals surface area contributed by atoms with Gasteiger partial charge in [-0.25, -0.2) is 15.0 Å². The number of rotatable bonds is 4. The first-order valence-electron chi connectivity index (χ1n) is 5.78. The number of aryl methyl sites for hydroxylation is 1. The molecule has 98 valence electrons. The molecule has 1 N–H and O–H groups in total. The van der Waals surface area contributed by atoms with Gasteiger partial charge in [-0.2, -0.15) is 0 Å². The van der Waals surface area contributed by atoms with E-state index in [4.69, 9.17) is 11.6 Å². The lowest BCUT2D eigenvalue weighted by Gasteiger charge is -2.05. The molecule has 0 unspecified atom stereocenters. The maximum Gasteiger partial charge on any atom is 0.225 e. The van der Waals surface area contributed by atoms with E-state index in [0.29, 0.717) is 0 Å². The Morgan fingerprint density at radius 1 is 1.26 bits per heavy atom. The number of thiophene rings is 1. The highest BCUT2D eigenvalue weighted by Crippen LogP contribution is 2.26. The van der Waals surface area contributed by atoms with Gasteiger partial charge in [-0.1, -0.05) is 0 Å². The first-order chi connectivity index (χ1) is 9.22. The van der Waals surface area contributed by atoms with Crippen molar-refractivity contribution in [3.8, 4) is 0 Å². The van der Waals surface area contributed by atoms with Crippen LogP contribution in [0.4, 0.5) is 5.82 Å². The highest BCUT2D eigenvalue weighted by molar-refractivity contribution is 7.16. The summed E-state index contributed by atoms with van der Waals surface area (Å²) in [7, 11) is 0. The molecular formula is C12H11ClN4S2. The minimum Gasteiger partial charge on any atom is -0.369 e. The van der Waals surface area contributed by atoms with Crippen molar-refractivity contribution >= 4 is 50.3 Å². The number of aromatic nitrogens is 3. The summed E-state index contributed by atoms with van der Waals surface area (Å²) in [6, 6.07) is 2.01. The fraction of sp³-hybridized carbons (Fsp3) is 0.250. The Morgan fingerprint density at radius 3 is 2.95 bits per heavy atom. The maximum atomic E-state index is 5.91. The van der Waals surface area contributed by atoms with Gasteiger partial charge in [0.05, 0.1) is 10.4 Å². The van der Waals surface area contributed by atoms with Gasteiger partial charge in [-0.15, -0.1) is 22.7 Å². The first-order valence-corrected chi connectivity index (χ1v) is 7.92. The summed E-state index contributed by atoms with van der Waals surface area (Å²) in [6.45, 7) is 2.79. The van der Waals surface area contributed by atoms with Gasteiger partial charge in [0.2, 0.25) is 5.28 Å². The largest absolute Gasteiger partial charge is 0.369 e. The number of hydrogen-bond donors (Lipinski definition) is 1. The monoisotopic (exact) mass is 310 g/mol. The summed E-state index contributed by atoms with van der Waals surface area (Å²) in [6.07, 6.45) is 0.881. The fourth-order valence-corrected chi connectivity index (χ4v) is 3.53. The Labute approximate surface area is 123 Å². The number of fused-ring (bicyclic) bond motifs is 1. The zero-order valence-corrected chi connectivity index (χ0v) is 12.6. The van der Waals surface area contributed by atoms with Crippen LogP contribution >= 0.6 is 34.3 Å². The molecular weight excluding hydrogens is 300 g/mol. The van der Waals surface area contributed by atoms with Gasteiger partial charge < -0.3 is 5.32 Å². The molecule has 0 aliphatic rings. The van der Waals surface area contributed by atoms with E-state index in [1.165, 1.54) is 0 Å². The molecule has 0 saturated carbocycles. The number of anilines is 1. The van der Waals surface area contributed by atoms with Crippen LogP contribution in [0.2, 0.25) is 5.28 Å². The predicted octanol–water partition coefficient (Wildman–Crippen LogP) is 3.76. The van der Waals surface area contributed by atoms with E-state index in [9.17, 15) is 0 Å². The second-order valence-electron chi connectivity index (χ2n) is 4.04. The van der Waals surface area contributed by atoms with E-state index in [-0.39, 0.29) is 5.28 Å². The summed E-state index contributed by atoms with van der Waals surface area (Å²) >= 11 is 9.16. The van der Waals surface area contributed by atoms with E-state index < -0.39 is 0 Å². The number of halogens is 1. The quantitative estimate of drug-likeness (QED) is 0.745. The molecule has 0 bridgehead atoms. The molecule has 0 saturated heterocycles. The topological polar surface area (TPSA) is 50.7 Å². The van der Waals surface area contributed by atoms with Crippen molar-refractivity contribution in [1.29, 1.82) is 0 Å². The molecule has 3 aromatic heterocycles. The summed E-state index contributed by atoms with van der Waals surface area (Å²) in [5.41, 5.74) is 1.07. The lowest BCUT2D eigenvalue weighted by atomic mass is 10.3. The number of nitrogens with one attached hydrogen (secondary N) is 1. The minimum absolute atomic E-state index is 0.280. The number of nitrogens with zero attached hydrogens (tertiary/aromatic N) is 3. The highest BCUT2D eigenvalue weighted by atomic mass is 35.5.